The summed E-state index contributed by atoms with van der Waals surface area (Å²) in [5.41, 5.74) is 0.875. The Morgan fingerprint density at radius 1 is 1.38 bits per heavy atom. The quantitative estimate of drug-likeness (QED) is 0.842. The summed E-state index contributed by atoms with van der Waals surface area (Å²) < 4.78 is 14.1. The van der Waals surface area contributed by atoms with Crippen LogP contribution >= 0.6 is 0 Å². The molecule has 1 aromatic heterocycles. The molecule has 3 atom stereocenters. The summed E-state index contributed by atoms with van der Waals surface area (Å²) in [7, 11) is 0. The summed E-state index contributed by atoms with van der Waals surface area (Å²) in [5.74, 6) is 2.15. The Hall–Kier alpha value is -0.960. The van der Waals surface area contributed by atoms with Gasteiger partial charge in [0.15, 0.2) is 0 Å². The minimum absolute atomic E-state index is 0.131. The van der Waals surface area contributed by atoms with Crippen LogP contribution in [0.15, 0.2) is 18.5 Å². The lowest BCUT2D eigenvalue weighted by Crippen LogP contribution is -2.33. The second-order valence-corrected chi connectivity index (χ2v) is 6.90. The van der Waals surface area contributed by atoms with Gasteiger partial charge in [0.2, 0.25) is 0 Å². The normalized spacial score (nSPS) is 26.2. The van der Waals surface area contributed by atoms with Gasteiger partial charge >= 0.3 is 0 Å². The van der Waals surface area contributed by atoms with Crippen LogP contribution in [0.2, 0.25) is 0 Å². The monoisotopic (exact) mass is 292 g/mol. The molecule has 0 radical (unpaired) electrons. The lowest BCUT2D eigenvalue weighted by atomic mass is 9.70. The molecular formula is C18H29FN2. The van der Waals surface area contributed by atoms with E-state index in [0.717, 1.165) is 31.0 Å². The minimum Gasteiger partial charge on any atom is -0.316 e. The van der Waals surface area contributed by atoms with E-state index in [1.54, 1.807) is 6.20 Å². The van der Waals surface area contributed by atoms with E-state index in [4.69, 9.17) is 0 Å². The molecule has 1 aliphatic carbocycles. The zero-order valence-electron chi connectivity index (χ0n) is 13.6. The van der Waals surface area contributed by atoms with Crippen LogP contribution in [-0.2, 0) is 0 Å². The zero-order valence-corrected chi connectivity index (χ0v) is 13.6. The average molecular weight is 292 g/mol. The number of rotatable bonds is 6. The molecule has 0 amide bonds. The lowest BCUT2D eigenvalue weighted by Gasteiger charge is -2.36. The molecule has 1 heterocycles. The van der Waals surface area contributed by atoms with Crippen molar-refractivity contribution in [3.63, 3.8) is 0 Å². The van der Waals surface area contributed by atoms with Gasteiger partial charge in [-0.2, -0.15) is 0 Å². The van der Waals surface area contributed by atoms with Gasteiger partial charge < -0.3 is 5.32 Å². The van der Waals surface area contributed by atoms with Crippen LogP contribution in [0.4, 0.5) is 4.39 Å². The number of pyridine rings is 1. The van der Waals surface area contributed by atoms with E-state index in [1.165, 1.54) is 25.5 Å². The maximum absolute atomic E-state index is 14.1. The Balaban J connectivity index is 2.08. The first-order valence-corrected chi connectivity index (χ1v) is 8.41. The van der Waals surface area contributed by atoms with Crippen molar-refractivity contribution in [3.8, 4) is 0 Å². The largest absolute Gasteiger partial charge is 0.316 e. The molecule has 1 N–H and O–H groups in total. The highest BCUT2D eigenvalue weighted by Gasteiger charge is 2.32. The molecule has 1 aliphatic rings. The summed E-state index contributed by atoms with van der Waals surface area (Å²) in [6, 6.07) is 1.88. The Labute approximate surface area is 128 Å². The smallest absolute Gasteiger partial charge is 0.144 e. The van der Waals surface area contributed by atoms with Crippen molar-refractivity contribution < 1.29 is 4.39 Å². The van der Waals surface area contributed by atoms with Gasteiger partial charge in [-0.15, -0.1) is 0 Å². The Morgan fingerprint density at radius 3 is 2.86 bits per heavy atom. The summed E-state index contributed by atoms with van der Waals surface area (Å²) in [4.78, 5) is 3.90. The van der Waals surface area contributed by atoms with Crippen LogP contribution in [0.25, 0.3) is 0 Å². The predicted octanol–water partition coefficient (Wildman–Crippen LogP) is 4.38. The molecule has 3 unspecified atom stereocenters. The summed E-state index contributed by atoms with van der Waals surface area (Å²) in [6.07, 6.45) is 7.90. The molecule has 1 aromatic rings. The molecule has 2 nitrogen and oxygen atoms in total. The number of nitrogens with one attached hydrogen (secondary N) is 1. The van der Waals surface area contributed by atoms with Gasteiger partial charge in [-0.25, -0.2) is 4.39 Å². The Bertz CT molecular complexity index is 433. The lowest BCUT2D eigenvalue weighted by molar-refractivity contribution is 0.220. The molecule has 2 rings (SSSR count). The first-order valence-electron chi connectivity index (χ1n) is 8.41. The second kappa shape index (κ2) is 7.88. The number of halogens is 1. The van der Waals surface area contributed by atoms with E-state index >= 15 is 0 Å². The van der Waals surface area contributed by atoms with E-state index in [2.05, 4.69) is 31.1 Å². The highest BCUT2D eigenvalue weighted by atomic mass is 19.1. The highest BCUT2D eigenvalue weighted by Crippen LogP contribution is 2.42. The molecule has 0 bridgehead atoms. The molecule has 3 heteroatoms. The molecule has 0 aliphatic heterocycles. The molecule has 0 aromatic carbocycles. The van der Waals surface area contributed by atoms with Crippen molar-refractivity contribution in [2.24, 2.45) is 17.8 Å². The van der Waals surface area contributed by atoms with Gasteiger partial charge in [-0.3, -0.25) is 4.98 Å². The fourth-order valence-corrected chi connectivity index (χ4v) is 3.56. The van der Waals surface area contributed by atoms with Crippen LogP contribution in [0.5, 0.6) is 0 Å². The fraction of sp³-hybridized carbons (Fsp3) is 0.722. The third-order valence-electron chi connectivity index (χ3n) is 4.84. The molecule has 1 saturated carbocycles. The summed E-state index contributed by atoms with van der Waals surface area (Å²) in [5, 5.41) is 3.57. The number of aromatic nitrogens is 1. The van der Waals surface area contributed by atoms with Crippen molar-refractivity contribution >= 4 is 0 Å². The third-order valence-corrected chi connectivity index (χ3v) is 4.84. The van der Waals surface area contributed by atoms with E-state index in [0.29, 0.717) is 17.8 Å². The van der Waals surface area contributed by atoms with Gasteiger partial charge in [0.05, 0.1) is 6.20 Å². The SMILES string of the molecule is CCC1CCC(CNCC(C)C)C(c2ccncc2F)C1. The van der Waals surface area contributed by atoms with Crippen LogP contribution in [0.3, 0.4) is 0 Å². The van der Waals surface area contributed by atoms with Crippen LogP contribution < -0.4 is 5.32 Å². The summed E-state index contributed by atoms with van der Waals surface area (Å²) >= 11 is 0. The van der Waals surface area contributed by atoms with Gasteiger partial charge in [-0.05, 0) is 61.2 Å². The van der Waals surface area contributed by atoms with Crippen LogP contribution in [0, 0.1) is 23.6 Å². The van der Waals surface area contributed by atoms with Crippen LogP contribution in [-0.4, -0.2) is 18.1 Å². The van der Waals surface area contributed by atoms with Crippen molar-refractivity contribution in [2.45, 2.75) is 52.4 Å². The first kappa shape index (κ1) is 16.4. The third kappa shape index (κ3) is 4.50. The van der Waals surface area contributed by atoms with E-state index in [9.17, 15) is 4.39 Å². The number of hydrogen-bond donors (Lipinski definition) is 1. The van der Waals surface area contributed by atoms with E-state index < -0.39 is 0 Å². The average Bonchev–Trinajstić information content (AvgIpc) is 2.48. The predicted molar refractivity (Wildman–Crippen MR) is 85.8 cm³/mol. The van der Waals surface area contributed by atoms with Crippen LogP contribution in [0.1, 0.15) is 57.9 Å². The molecule has 0 spiro atoms. The topological polar surface area (TPSA) is 24.9 Å². The Kier molecular flexibility index (Phi) is 6.16. The van der Waals surface area contributed by atoms with Crippen molar-refractivity contribution in [1.29, 1.82) is 0 Å². The van der Waals surface area contributed by atoms with Gasteiger partial charge in [0, 0.05) is 6.20 Å². The minimum atomic E-state index is -0.131. The molecule has 21 heavy (non-hydrogen) atoms. The molecular weight excluding hydrogens is 263 g/mol. The van der Waals surface area contributed by atoms with Gasteiger partial charge in [0.25, 0.3) is 0 Å². The molecule has 0 saturated heterocycles. The zero-order chi connectivity index (χ0) is 15.2. The Morgan fingerprint density at radius 2 is 2.19 bits per heavy atom. The number of hydrogen-bond acceptors (Lipinski definition) is 2. The first-order chi connectivity index (χ1) is 10.1. The van der Waals surface area contributed by atoms with E-state index in [-0.39, 0.29) is 5.82 Å². The summed E-state index contributed by atoms with van der Waals surface area (Å²) in [6.45, 7) is 8.74. The van der Waals surface area contributed by atoms with E-state index in [1.807, 2.05) is 6.07 Å². The van der Waals surface area contributed by atoms with Gasteiger partial charge in [-0.1, -0.05) is 33.6 Å². The van der Waals surface area contributed by atoms with Crippen molar-refractivity contribution in [1.82, 2.24) is 10.3 Å². The van der Waals surface area contributed by atoms with Crippen molar-refractivity contribution in [2.75, 3.05) is 13.1 Å². The van der Waals surface area contributed by atoms with Crippen molar-refractivity contribution in [3.05, 3.63) is 29.8 Å². The maximum atomic E-state index is 14.1. The fourth-order valence-electron chi connectivity index (χ4n) is 3.56. The molecule has 1 fully saturated rings. The highest BCUT2D eigenvalue weighted by molar-refractivity contribution is 5.20. The number of nitrogens with zero attached hydrogens (tertiary/aromatic N) is 1. The molecule has 118 valence electrons. The maximum Gasteiger partial charge on any atom is 0.144 e. The standard InChI is InChI=1S/C18H29FN2/c1-4-14-5-6-15(11-21-10-13(2)3)17(9-14)16-7-8-20-12-18(16)19/h7-8,12-15,17,21H,4-6,9-11H2,1-3H3. The second-order valence-electron chi connectivity index (χ2n) is 6.90. The van der Waals surface area contributed by atoms with Gasteiger partial charge in [0.1, 0.15) is 5.82 Å².